The molecule has 0 spiro atoms. The first-order valence-electron chi connectivity index (χ1n) is 9.69. The van der Waals surface area contributed by atoms with Gasteiger partial charge in [-0.2, -0.15) is 0 Å². The van der Waals surface area contributed by atoms with Gasteiger partial charge in [0.2, 0.25) is 5.91 Å². The van der Waals surface area contributed by atoms with Gasteiger partial charge in [-0.15, -0.1) is 0 Å². The highest BCUT2D eigenvalue weighted by Gasteiger charge is 2.60. The van der Waals surface area contributed by atoms with E-state index >= 15 is 0 Å². The van der Waals surface area contributed by atoms with Gasteiger partial charge in [0.1, 0.15) is 17.7 Å². The Morgan fingerprint density at radius 1 is 1.17 bits per heavy atom. The zero-order chi connectivity index (χ0) is 20.5. The van der Waals surface area contributed by atoms with E-state index in [1.54, 1.807) is 0 Å². The van der Waals surface area contributed by atoms with E-state index in [1.165, 1.54) is 0 Å². The molecule has 0 radical (unpaired) electrons. The maximum atomic E-state index is 14.7. The van der Waals surface area contributed by atoms with Gasteiger partial charge in [0.25, 0.3) is 0 Å². The highest BCUT2D eigenvalue weighted by atomic mass is 32.2. The summed E-state index contributed by atoms with van der Waals surface area (Å²) in [6.07, 6.45) is 0.407. The van der Waals surface area contributed by atoms with Gasteiger partial charge >= 0.3 is 6.09 Å². The lowest BCUT2D eigenvalue weighted by molar-refractivity contribution is -0.122. The molecule has 1 aromatic carbocycles. The number of hydrogen-bond donors (Lipinski definition) is 1. The summed E-state index contributed by atoms with van der Waals surface area (Å²) < 4.78 is 57.8. The van der Waals surface area contributed by atoms with Gasteiger partial charge in [0.05, 0.1) is 30.3 Å². The van der Waals surface area contributed by atoms with Crippen molar-refractivity contribution in [3.05, 3.63) is 29.3 Å². The third kappa shape index (κ3) is 3.37. The first-order valence-corrected chi connectivity index (χ1v) is 11.5. The number of fused-ring (bicyclic) bond motifs is 1. The Kier molecular flexibility index (Phi) is 4.13. The molecule has 4 fully saturated rings. The van der Waals surface area contributed by atoms with Gasteiger partial charge in [-0.1, -0.05) is 0 Å². The summed E-state index contributed by atoms with van der Waals surface area (Å²) in [6, 6.07) is 2.18. The number of sulfone groups is 1. The van der Waals surface area contributed by atoms with Gasteiger partial charge in [-0.3, -0.25) is 9.69 Å². The fourth-order valence-electron chi connectivity index (χ4n) is 4.57. The number of amides is 2. The summed E-state index contributed by atoms with van der Waals surface area (Å²) in [6.45, 7) is 0.232. The minimum Gasteiger partial charge on any atom is -0.442 e. The molecule has 156 valence electrons. The van der Waals surface area contributed by atoms with E-state index in [9.17, 15) is 26.8 Å². The maximum absolute atomic E-state index is 14.7. The van der Waals surface area contributed by atoms with Crippen molar-refractivity contribution in [1.29, 1.82) is 0 Å². The van der Waals surface area contributed by atoms with Crippen LogP contribution < -0.4 is 10.2 Å². The van der Waals surface area contributed by atoms with Crippen LogP contribution in [0, 0.1) is 29.4 Å². The van der Waals surface area contributed by atoms with Crippen LogP contribution in [0.3, 0.4) is 0 Å². The van der Waals surface area contributed by atoms with Crippen molar-refractivity contribution in [3.63, 3.8) is 0 Å². The van der Waals surface area contributed by atoms with Crippen molar-refractivity contribution in [2.45, 2.75) is 24.9 Å². The van der Waals surface area contributed by atoms with Crippen molar-refractivity contribution in [2.24, 2.45) is 17.8 Å². The van der Waals surface area contributed by atoms with E-state index in [0.29, 0.717) is 0 Å². The fraction of sp³-hybridized carbons (Fsp3) is 0.579. The van der Waals surface area contributed by atoms with Crippen LogP contribution in [0.15, 0.2) is 12.1 Å². The zero-order valence-corrected chi connectivity index (χ0v) is 16.3. The molecule has 1 aromatic rings. The summed E-state index contributed by atoms with van der Waals surface area (Å²) in [5.41, 5.74) is -0.0531. The molecule has 2 heterocycles. The second kappa shape index (κ2) is 6.38. The van der Waals surface area contributed by atoms with Crippen LogP contribution in [-0.4, -0.2) is 51.1 Å². The lowest BCUT2D eigenvalue weighted by Gasteiger charge is -2.16. The molecular weight excluding hydrogens is 406 g/mol. The molecule has 10 heteroatoms. The van der Waals surface area contributed by atoms with Gasteiger partial charge < -0.3 is 10.1 Å². The first-order chi connectivity index (χ1) is 13.7. The van der Waals surface area contributed by atoms with Gasteiger partial charge in [-0.25, -0.2) is 22.0 Å². The molecule has 0 bridgehead atoms. The maximum Gasteiger partial charge on any atom is 0.414 e. The second-order valence-electron chi connectivity index (χ2n) is 8.39. The van der Waals surface area contributed by atoms with Crippen molar-refractivity contribution in [1.82, 2.24) is 5.32 Å². The molecule has 2 aliphatic carbocycles. The monoisotopic (exact) mass is 426 g/mol. The number of rotatable bonds is 5. The zero-order valence-electron chi connectivity index (χ0n) is 15.4. The summed E-state index contributed by atoms with van der Waals surface area (Å²) in [7, 11) is -3.10. The number of hydrogen-bond acceptors (Lipinski definition) is 5. The molecule has 5 rings (SSSR count). The number of anilines is 1. The first kappa shape index (κ1) is 18.8. The molecule has 2 saturated carbocycles. The normalized spacial score (nSPS) is 32.1. The van der Waals surface area contributed by atoms with E-state index in [2.05, 4.69) is 5.32 Å². The number of carbonyl (C=O) groups is 2. The number of nitrogens with zero attached hydrogens (tertiary/aromatic N) is 1. The highest BCUT2D eigenvalue weighted by molar-refractivity contribution is 7.91. The third-order valence-corrected chi connectivity index (χ3v) is 8.04. The molecule has 4 aliphatic rings. The van der Waals surface area contributed by atoms with Gasteiger partial charge in [0.15, 0.2) is 9.84 Å². The molecular formula is C19H20F2N2O5S. The molecule has 2 aliphatic heterocycles. The van der Waals surface area contributed by atoms with Crippen molar-refractivity contribution in [3.8, 4) is 0 Å². The number of benzene rings is 1. The molecule has 1 N–H and O–H groups in total. The summed E-state index contributed by atoms with van der Waals surface area (Å²) in [5.74, 6) is -2.55. The van der Waals surface area contributed by atoms with E-state index in [-0.39, 0.29) is 59.5 Å². The van der Waals surface area contributed by atoms with Gasteiger partial charge in [-0.05, 0) is 42.7 Å². The van der Waals surface area contributed by atoms with E-state index in [1.807, 2.05) is 0 Å². The van der Waals surface area contributed by atoms with Crippen molar-refractivity contribution >= 4 is 27.5 Å². The van der Waals surface area contributed by atoms with E-state index in [4.69, 9.17) is 4.74 Å². The number of ether oxygens (including phenoxy) is 1. The second-order valence-corrected chi connectivity index (χ2v) is 10.5. The Balaban J connectivity index is 1.28. The number of halogens is 2. The number of cyclic esters (lactones) is 1. The Morgan fingerprint density at radius 2 is 1.79 bits per heavy atom. The smallest absolute Gasteiger partial charge is 0.414 e. The molecule has 2 amide bonds. The highest BCUT2D eigenvalue weighted by Crippen LogP contribution is 2.60. The minimum absolute atomic E-state index is 0.0321. The van der Waals surface area contributed by atoms with Gasteiger partial charge in [0, 0.05) is 11.5 Å². The van der Waals surface area contributed by atoms with Crippen LogP contribution in [-0.2, 0) is 19.4 Å². The van der Waals surface area contributed by atoms with Crippen LogP contribution >= 0.6 is 0 Å². The summed E-state index contributed by atoms with van der Waals surface area (Å²) in [5, 5.41) is 2.72. The minimum atomic E-state index is -3.10. The summed E-state index contributed by atoms with van der Waals surface area (Å²) >= 11 is 0. The Hall–Kier alpha value is -2.23. The topological polar surface area (TPSA) is 92.8 Å². The lowest BCUT2D eigenvalue weighted by Crippen LogP contribution is -2.35. The van der Waals surface area contributed by atoms with Crippen LogP contribution in [0.25, 0.3) is 0 Å². The number of carbonyl (C=O) groups excluding carboxylic acids is 2. The molecule has 29 heavy (non-hydrogen) atoms. The van der Waals surface area contributed by atoms with Crippen LogP contribution in [0.1, 0.15) is 24.3 Å². The molecule has 7 nitrogen and oxygen atoms in total. The van der Waals surface area contributed by atoms with Crippen LogP contribution in [0.5, 0.6) is 0 Å². The average Bonchev–Trinajstić information content (AvgIpc) is 3.51. The Labute approximate surface area is 166 Å². The largest absolute Gasteiger partial charge is 0.442 e. The lowest BCUT2D eigenvalue weighted by atomic mass is 10.1. The SMILES string of the molecule is O=C(NC[C@H]1CN(c2cc(F)c([C@H]3[C@@H]4CS(=O)(=O)C[C@@H]43)c(F)c2)C(=O)O1)C1CC1. The quantitative estimate of drug-likeness (QED) is 0.772. The van der Waals surface area contributed by atoms with Crippen molar-refractivity contribution < 1.29 is 31.5 Å². The van der Waals surface area contributed by atoms with Crippen LogP contribution in [0.2, 0.25) is 0 Å². The number of nitrogens with one attached hydrogen (secondary N) is 1. The van der Waals surface area contributed by atoms with Crippen LogP contribution in [0.4, 0.5) is 19.3 Å². The predicted molar refractivity (Wildman–Crippen MR) is 98.1 cm³/mol. The fourth-order valence-corrected chi connectivity index (χ4v) is 6.79. The Morgan fingerprint density at radius 3 is 2.38 bits per heavy atom. The molecule has 0 aromatic heterocycles. The molecule has 2 saturated heterocycles. The molecule has 0 unspecified atom stereocenters. The molecule has 4 atom stereocenters. The van der Waals surface area contributed by atoms with Crippen molar-refractivity contribution in [2.75, 3.05) is 29.5 Å². The van der Waals surface area contributed by atoms with E-state index in [0.717, 1.165) is 29.9 Å². The van der Waals surface area contributed by atoms with E-state index < -0.39 is 39.6 Å². The standard InChI is InChI=1S/C19H20F2N2O5S/c20-14-3-10(4-15(21)17(14)16-12-7-29(26,27)8-13(12)16)23-6-11(28-19(23)25)5-22-18(24)9-1-2-9/h3-4,9,11-13,16H,1-2,5-8H2,(H,22,24)/t11-,12-,13+,16+/m0/s1. The Bertz CT molecular complexity index is 969. The summed E-state index contributed by atoms with van der Waals surface area (Å²) in [4.78, 5) is 25.0. The predicted octanol–water partition coefficient (Wildman–Crippen LogP) is 1.57. The average molecular weight is 426 g/mol. The third-order valence-electron chi connectivity index (χ3n) is 6.26.